The number of piperidine rings is 1. The summed E-state index contributed by atoms with van der Waals surface area (Å²) in [6.07, 6.45) is 7.18. The van der Waals surface area contributed by atoms with E-state index in [1.54, 1.807) is 0 Å². The number of nitrogens with one attached hydrogen (secondary N) is 1. The topological polar surface area (TPSA) is 110 Å². The van der Waals surface area contributed by atoms with Crippen molar-refractivity contribution >= 4 is 18.9 Å². The van der Waals surface area contributed by atoms with E-state index in [0.29, 0.717) is 12.1 Å². The zero-order valence-electron chi connectivity index (χ0n) is 20.1. The van der Waals surface area contributed by atoms with Crippen molar-refractivity contribution < 1.29 is 24.6 Å². The van der Waals surface area contributed by atoms with Crippen molar-refractivity contribution in [3.8, 4) is 0 Å². The summed E-state index contributed by atoms with van der Waals surface area (Å²) in [5.41, 5.74) is 1.33. The lowest BCUT2D eigenvalue weighted by Gasteiger charge is -2.35. The van der Waals surface area contributed by atoms with E-state index in [-0.39, 0.29) is 24.8 Å². The first-order valence-electron chi connectivity index (χ1n) is 11.9. The van der Waals surface area contributed by atoms with Crippen LogP contribution in [0.5, 0.6) is 0 Å². The van der Waals surface area contributed by atoms with Crippen molar-refractivity contribution in [2.75, 3.05) is 32.7 Å². The minimum absolute atomic E-state index is 0.181. The Labute approximate surface area is 198 Å². The van der Waals surface area contributed by atoms with Crippen LogP contribution in [0.3, 0.4) is 0 Å². The molecule has 1 aromatic carbocycles. The Morgan fingerprint density at radius 2 is 1.45 bits per heavy atom. The summed E-state index contributed by atoms with van der Waals surface area (Å²) in [4.78, 5) is 34.6. The fourth-order valence-electron chi connectivity index (χ4n) is 4.56. The molecule has 8 heteroatoms. The summed E-state index contributed by atoms with van der Waals surface area (Å²) in [5, 5.41) is 17.1. The normalized spacial score (nSPS) is 18.5. The van der Waals surface area contributed by atoms with Crippen molar-refractivity contribution in [1.82, 2.24) is 15.1 Å². The first-order chi connectivity index (χ1) is 16.0. The second kappa shape index (κ2) is 17.1. The van der Waals surface area contributed by atoms with E-state index in [1.807, 2.05) is 0 Å². The molecular formula is C25H41N3O5. The average Bonchev–Trinajstić information content (AvgIpc) is 3.10. The Hall–Kier alpha value is -2.45. The number of nitrogens with zero attached hydrogens (tertiary/aromatic N) is 2. The number of carbonyl (C=O) groups is 3. The van der Waals surface area contributed by atoms with Gasteiger partial charge < -0.3 is 20.4 Å². The number of carbonyl (C=O) groups excluding carboxylic acids is 1. The first-order valence-corrected chi connectivity index (χ1v) is 11.9. The van der Waals surface area contributed by atoms with Crippen LogP contribution in [0.2, 0.25) is 0 Å². The lowest BCUT2D eigenvalue weighted by molar-refractivity contribution is -0.127. The summed E-state index contributed by atoms with van der Waals surface area (Å²) >= 11 is 0. The number of carboxylic acid groups (broad SMARTS) is 2. The van der Waals surface area contributed by atoms with Crippen LogP contribution in [0.15, 0.2) is 30.3 Å². The van der Waals surface area contributed by atoms with E-state index < -0.39 is 0 Å². The molecular weight excluding hydrogens is 422 g/mol. The molecule has 8 nitrogen and oxygen atoms in total. The fourth-order valence-corrected chi connectivity index (χ4v) is 4.56. The van der Waals surface area contributed by atoms with Gasteiger partial charge in [-0.1, -0.05) is 43.2 Å². The van der Waals surface area contributed by atoms with Gasteiger partial charge in [0.05, 0.1) is 6.04 Å². The molecule has 2 aliphatic rings. The quantitative estimate of drug-likeness (QED) is 0.556. The lowest BCUT2D eigenvalue weighted by atomic mass is 9.95. The second-order valence-electron chi connectivity index (χ2n) is 8.74. The molecule has 0 spiro atoms. The molecule has 2 saturated heterocycles. The maximum absolute atomic E-state index is 12.8. The first kappa shape index (κ1) is 28.6. The molecule has 3 rings (SSSR count). The predicted molar refractivity (Wildman–Crippen MR) is 129 cm³/mol. The van der Waals surface area contributed by atoms with Crippen LogP contribution in [0.25, 0.3) is 0 Å². The van der Waals surface area contributed by atoms with Gasteiger partial charge in [-0.05, 0) is 71.3 Å². The fraction of sp³-hybridized carbons (Fsp3) is 0.640. The maximum Gasteiger partial charge on any atom is 0.290 e. The average molecular weight is 464 g/mol. The van der Waals surface area contributed by atoms with Gasteiger partial charge in [0.2, 0.25) is 5.91 Å². The Morgan fingerprint density at radius 1 is 0.939 bits per heavy atom. The largest absolute Gasteiger partial charge is 0.483 e. The highest BCUT2D eigenvalue weighted by molar-refractivity contribution is 5.78. The Morgan fingerprint density at radius 3 is 1.94 bits per heavy atom. The van der Waals surface area contributed by atoms with Crippen LogP contribution in [0, 0.1) is 5.92 Å². The van der Waals surface area contributed by atoms with Gasteiger partial charge in [0.15, 0.2) is 0 Å². The molecule has 2 aliphatic heterocycles. The van der Waals surface area contributed by atoms with Gasteiger partial charge in [-0.25, -0.2) is 0 Å². The van der Waals surface area contributed by atoms with Crippen LogP contribution in [-0.2, 0) is 14.4 Å². The summed E-state index contributed by atoms with van der Waals surface area (Å²) in [6.45, 7) is 9.09. The van der Waals surface area contributed by atoms with E-state index in [9.17, 15) is 4.79 Å². The highest BCUT2D eigenvalue weighted by Gasteiger charge is 2.27. The Balaban J connectivity index is 0.000000819. The molecule has 0 radical (unpaired) electrons. The van der Waals surface area contributed by atoms with E-state index in [0.717, 1.165) is 45.6 Å². The lowest BCUT2D eigenvalue weighted by Crippen LogP contribution is -2.45. The van der Waals surface area contributed by atoms with Crippen LogP contribution >= 0.6 is 0 Å². The van der Waals surface area contributed by atoms with E-state index in [4.69, 9.17) is 19.8 Å². The van der Waals surface area contributed by atoms with Gasteiger partial charge in [-0.2, -0.15) is 0 Å². The van der Waals surface area contributed by atoms with Crippen LogP contribution in [0.1, 0.15) is 64.0 Å². The van der Waals surface area contributed by atoms with E-state index >= 15 is 0 Å². The Kier molecular flexibility index (Phi) is 14.8. The predicted octanol–water partition coefficient (Wildman–Crippen LogP) is 3.24. The monoisotopic (exact) mass is 463 g/mol. The summed E-state index contributed by atoms with van der Waals surface area (Å²) in [6, 6.07) is 11.6. The van der Waals surface area contributed by atoms with Gasteiger partial charge in [0.25, 0.3) is 12.9 Å². The van der Waals surface area contributed by atoms with Crippen molar-refractivity contribution in [2.45, 2.75) is 64.5 Å². The number of benzene rings is 1. The molecule has 0 saturated carbocycles. The molecule has 1 amide bonds. The van der Waals surface area contributed by atoms with Gasteiger partial charge in [-0.15, -0.1) is 0 Å². The Bertz CT molecular complexity index is 649. The molecule has 186 valence electrons. The second-order valence-corrected chi connectivity index (χ2v) is 8.74. The van der Waals surface area contributed by atoms with Crippen LogP contribution < -0.4 is 5.32 Å². The third-order valence-electron chi connectivity index (χ3n) is 6.37. The van der Waals surface area contributed by atoms with Crippen molar-refractivity contribution in [2.24, 2.45) is 5.92 Å². The maximum atomic E-state index is 12.8. The van der Waals surface area contributed by atoms with Crippen LogP contribution in [-0.4, -0.2) is 77.6 Å². The SMILES string of the molecule is CC(C)N1CCC(C(=O)NCC(c2ccccc2)N2CCCCCC2)CC1.O=CO.O=CO. The molecule has 2 heterocycles. The number of rotatable bonds is 6. The van der Waals surface area contributed by atoms with E-state index in [2.05, 4.69) is 59.3 Å². The zero-order chi connectivity index (χ0) is 24.5. The molecule has 2 fully saturated rings. The molecule has 0 aromatic heterocycles. The third-order valence-corrected chi connectivity index (χ3v) is 6.37. The highest BCUT2D eigenvalue weighted by Crippen LogP contribution is 2.24. The number of amides is 1. The zero-order valence-corrected chi connectivity index (χ0v) is 20.1. The van der Waals surface area contributed by atoms with Gasteiger partial charge in [-0.3, -0.25) is 19.3 Å². The standard InChI is InChI=1S/C23H37N3O.2CH2O2/c1-19(2)25-16-12-21(13-17-25)23(27)24-18-22(20-10-6-5-7-11-20)26-14-8-3-4-9-15-26;2*2-1-3/h5-7,10-11,19,21-22H,3-4,8-9,12-18H2,1-2H3,(H,24,27);2*1H,(H,2,3). The van der Waals surface area contributed by atoms with Crippen molar-refractivity contribution in [1.29, 1.82) is 0 Å². The van der Waals surface area contributed by atoms with Crippen molar-refractivity contribution in [3.63, 3.8) is 0 Å². The number of likely N-dealkylation sites (tertiary alicyclic amines) is 2. The molecule has 1 aromatic rings. The molecule has 33 heavy (non-hydrogen) atoms. The molecule has 1 unspecified atom stereocenters. The smallest absolute Gasteiger partial charge is 0.290 e. The molecule has 0 bridgehead atoms. The van der Waals surface area contributed by atoms with E-state index in [1.165, 1.54) is 31.2 Å². The summed E-state index contributed by atoms with van der Waals surface area (Å²) in [5.74, 6) is 0.440. The minimum Gasteiger partial charge on any atom is -0.483 e. The third kappa shape index (κ3) is 10.8. The summed E-state index contributed by atoms with van der Waals surface area (Å²) < 4.78 is 0. The number of hydrogen-bond donors (Lipinski definition) is 3. The van der Waals surface area contributed by atoms with Crippen molar-refractivity contribution in [3.05, 3.63) is 35.9 Å². The molecule has 1 atom stereocenters. The van der Waals surface area contributed by atoms with Crippen LogP contribution in [0.4, 0.5) is 0 Å². The van der Waals surface area contributed by atoms with Gasteiger partial charge in [0, 0.05) is 18.5 Å². The van der Waals surface area contributed by atoms with Gasteiger partial charge >= 0.3 is 0 Å². The molecule has 0 aliphatic carbocycles. The summed E-state index contributed by atoms with van der Waals surface area (Å²) in [7, 11) is 0. The molecule has 3 N–H and O–H groups in total. The highest BCUT2D eigenvalue weighted by atomic mass is 16.3. The number of hydrogen-bond acceptors (Lipinski definition) is 5. The minimum atomic E-state index is -0.250. The van der Waals surface area contributed by atoms with Gasteiger partial charge in [0.1, 0.15) is 0 Å².